The van der Waals surface area contributed by atoms with E-state index in [1.807, 2.05) is 18.2 Å². The number of halogens is 1. The normalized spacial score (nSPS) is 14.9. The maximum atomic E-state index is 13.5. The number of carbonyl (C=O) groups excluding carboxylic acids is 2. The van der Waals surface area contributed by atoms with Gasteiger partial charge in [0.15, 0.2) is 0 Å². The summed E-state index contributed by atoms with van der Waals surface area (Å²) < 4.78 is 31.8. The average molecular weight is 564 g/mol. The van der Waals surface area contributed by atoms with Crippen LogP contribution in [0.25, 0.3) is 0 Å². The lowest BCUT2D eigenvalue weighted by Crippen LogP contribution is -2.50. The van der Waals surface area contributed by atoms with Gasteiger partial charge in [0.25, 0.3) is 0 Å². The van der Waals surface area contributed by atoms with Crippen molar-refractivity contribution in [3.8, 4) is 5.75 Å². The minimum absolute atomic E-state index is 0.0622. The first-order chi connectivity index (χ1) is 18.1. The van der Waals surface area contributed by atoms with Crippen LogP contribution in [0.5, 0.6) is 5.75 Å². The van der Waals surface area contributed by atoms with Crippen molar-refractivity contribution in [1.82, 2.24) is 10.2 Å². The number of nitrogens with zero attached hydrogens (tertiary/aromatic N) is 2. The first kappa shape index (κ1) is 29.8. The highest BCUT2D eigenvalue weighted by molar-refractivity contribution is 7.92. The molecular weight excluding hydrogens is 526 g/mol. The molecule has 1 atom stereocenters. The predicted octanol–water partition coefficient (Wildman–Crippen LogP) is 4.76. The van der Waals surface area contributed by atoms with Crippen LogP contribution >= 0.6 is 11.6 Å². The quantitative estimate of drug-likeness (QED) is 0.401. The molecule has 1 aliphatic rings. The van der Waals surface area contributed by atoms with Crippen LogP contribution in [0.15, 0.2) is 48.5 Å². The van der Waals surface area contributed by atoms with E-state index in [9.17, 15) is 18.0 Å². The highest BCUT2D eigenvalue weighted by Gasteiger charge is 2.29. The Kier molecular flexibility index (Phi) is 10.8. The molecule has 0 saturated heterocycles. The highest BCUT2D eigenvalue weighted by Crippen LogP contribution is 2.30. The van der Waals surface area contributed by atoms with Gasteiger partial charge in [-0.1, -0.05) is 61.2 Å². The summed E-state index contributed by atoms with van der Waals surface area (Å²) in [6.07, 6.45) is 6.70. The number of hydrogen-bond acceptors (Lipinski definition) is 5. The maximum Gasteiger partial charge on any atom is 0.242 e. The summed E-state index contributed by atoms with van der Waals surface area (Å²) in [5.41, 5.74) is 1.16. The van der Waals surface area contributed by atoms with E-state index in [1.165, 1.54) is 22.7 Å². The van der Waals surface area contributed by atoms with Gasteiger partial charge in [0, 0.05) is 30.6 Å². The largest absolute Gasteiger partial charge is 0.495 e. The third-order valence-electron chi connectivity index (χ3n) is 6.92. The zero-order chi connectivity index (χ0) is 27.7. The number of amides is 2. The van der Waals surface area contributed by atoms with Gasteiger partial charge in [-0.2, -0.15) is 0 Å². The number of ether oxygens (including phenoxy) is 1. The van der Waals surface area contributed by atoms with Crippen molar-refractivity contribution in [2.45, 2.75) is 70.5 Å². The molecule has 2 aromatic carbocycles. The summed E-state index contributed by atoms with van der Waals surface area (Å²) in [6.45, 7) is 2.00. The lowest BCUT2D eigenvalue weighted by molar-refractivity contribution is -0.141. The van der Waals surface area contributed by atoms with Crippen LogP contribution in [-0.4, -0.2) is 57.1 Å². The Morgan fingerprint density at radius 1 is 1.08 bits per heavy atom. The molecule has 10 heteroatoms. The number of benzene rings is 2. The highest BCUT2D eigenvalue weighted by atomic mass is 35.5. The molecule has 1 unspecified atom stereocenters. The molecule has 0 heterocycles. The van der Waals surface area contributed by atoms with Gasteiger partial charge in [-0.3, -0.25) is 13.9 Å². The molecule has 1 saturated carbocycles. The standard InChI is InChI=1S/C28H38ClN3O5S/c1-21(28(34)30-23-13-5-4-6-14-23)31(20-22-12-7-8-15-24(22)29)27(33)18-11-19-32(38(3,35)36)25-16-9-10-17-26(25)37-2/h7-10,12,15-17,21,23H,4-6,11,13-14,18-20H2,1-3H3,(H,30,34). The third kappa shape index (κ3) is 8.11. The van der Waals surface area contributed by atoms with E-state index in [0.717, 1.165) is 37.5 Å². The van der Waals surface area contributed by atoms with Gasteiger partial charge >= 0.3 is 0 Å². The van der Waals surface area contributed by atoms with Gasteiger partial charge in [-0.05, 0) is 49.9 Å². The minimum Gasteiger partial charge on any atom is -0.495 e. The smallest absolute Gasteiger partial charge is 0.242 e. The lowest BCUT2D eigenvalue weighted by atomic mass is 9.95. The van der Waals surface area contributed by atoms with Crippen molar-refractivity contribution in [3.05, 3.63) is 59.1 Å². The van der Waals surface area contributed by atoms with Gasteiger partial charge in [0.2, 0.25) is 21.8 Å². The molecule has 1 fully saturated rings. The van der Waals surface area contributed by atoms with Gasteiger partial charge in [-0.25, -0.2) is 8.42 Å². The number of hydrogen-bond donors (Lipinski definition) is 1. The Labute approximate surface area is 231 Å². The molecule has 2 amide bonds. The van der Waals surface area contributed by atoms with Gasteiger partial charge in [-0.15, -0.1) is 0 Å². The second-order valence-corrected chi connectivity index (χ2v) is 12.1. The van der Waals surface area contributed by atoms with Crippen LogP contribution in [0.2, 0.25) is 5.02 Å². The third-order valence-corrected chi connectivity index (χ3v) is 8.47. The Hall–Kier alpha value is -2.78. The molecule has 8 nitrogen and oxygen atoms in total. The fraction of sp³-hybridized carbons (Fsp3) is 0.500. The molecular formula is C28H38ClN3O5S. The number of rotatable bonds is 12. The number of carbonyl (C=O) groups is 2. The number of para-hydroxylation sites is 2. The SMILES string of the molecule is COc1ccccc1N(CCCC(=O)N(Cc1ccccc1Cl)C(C)C(=O)NC1CCCCC1)S(C)(=O)=O. The summed E-state index contributed by atoms with van der Waals surface area (Å²) in [7, 11) is -2.14. The van der Waals surface area contributed by atoms with E-state index >= 15 is 0 Å². The second kappa shape index (κ2) is 13.8. The molecule has 1 aliphatic carbocycles. The van der Waals surface area contributed by atoms with Gasteiger partial charge in [0.1, 0.15) is 11.8 Å². The number of methoxy groups -OCH3 is 1. The lowest BCUT2D eigenvalue weighted by Gasteiger charge is -2.32. The molecule has 0 aliphatic heterocycles. The van der Waals surface area contributed by atoms with E-state index in [1.54, 1.807) is 37.3 Å². The monoisotopic (exact) mass is 563 g/mol. The maximum absolute atomic E-state index is 13.5. The van der Waals surface area contributed by atoms with Gasteiger partial charge in [0.05, 0.1) is 19.1 Å². The summed E-state index contributed by atoms with van der Waals surface area (Å²) in [6, 6.07) is 13.5. The van der Waals surface area contributed by atoms with Crippen molar-refractivity contribution in [2.75, 3.05) is 24.2 Å². The number of sulfonamides is 1. The molecule has 0 aromatic heterocycles. The number of nitrogens with one attached hydrogen (secondary N) is 1. The second-order valence-electron chi connectivity index (χ2n) is 9.74. The number of anilines is 1. The minimum atomic E-state index is -3.62. The van der Waals surface area contributed by atoms with Crippen LogP contribution < -0.4 is 14.4 Å². The van der Waals surface area contributed by atoms with E-state index < -0.39 is 16.1 Å². The van der Waals surface area contributed by atoms with Crippen LogP contribution in [-0.2, 0) is 26.2 Å². The zero-order valence-corrected chi connectivity index (χ0v) is 23.9. The molecule has 1 N–H and O–H groups in total. The summed E-state index contributed by atoms with van der Waals surface area (Å²) in [4.78, 5) is 28.2. The Morgan fingerprint density at radius 2 is 1.74 bits per heavy atom. The molecule has 3 rings (SSSR count). The Balaban J connectivity index is 1.74. The fourth-order valence-electron chi connectivity index (χ4n) is 4.78. The van der Waals surface area contributed by atoms with E-state index in [-0.39, 0.29) is 43.8 Å². The fourth-order valence-corrected chi connectivity index (χ4v) is 5.94. The van der Waals surface area contributed by atoms with Crippen molar-refractivity contribution < 1.29 is 22.7 Å². The molecule has 0 radical (unpaired) electrons. The van der Waals surface area contributed by atoms with Crippen LogP contribution in [0, 0.1) is 0 Å². The molecule has 0 spiro atoms. The van der Waals surface area contributed by atoms with Gasteiger partial charge < -0.3 is 15.0 Å². The summed E-state index contributed by atoms with van der Waals surface area (Å²) in [5, 5.41) is 3.63. The first-order valence-electron chi connectivity index (χ1n) is 13.1. The van der Waals surface area contributed by atoms with Crippen LogP contribution in [0.4, 0.5) is 5.69 Å². The van der Waals surface area contributed by atoms with Crippen molar-refractivity contribution in [1.29, 1.82) is 0 Å². The van der Waals surface area contributed by atoms with E-state index in [0.29, 0.717) is 16.5 Å². The Morgan fingerprint density at radius 3 is 2.39 bits per heavy atom. The van der Waals surface area contributed by atoms with Crippen molar-refractivity contribution in [3.63, 3.8) is 0 Å². The van der Waals surface area contributed by atoms with Crippen molar-refractivity contribution in [2.24, 2.45) is 0 Å². The van der Waals surface area contributed by atoms with Crippen LogP contribution in [0.1, 0.15) is 57.4 Å². The molecule has 208 valence electrons. The molecule has 2 aromatic rings. The summed E-state index contributed by atoms with van der Waals surface area (Å²) >= 11 is 6.38. The Bertz CT molecular complexity index is 1200. The van der Waals surface area contributed by atoms with Crippen molar-refractivity contribution >= 4 is 39.1 Å². The van der Waals surface area contributed by atoms with E-state index in [2.05, 4.69) is 5.32 Å². The molecule has 0 bridgehead atoms. The summed E-state index contributed by atoms with van der Waals surface area (Å²) in [5.74, 6) is -0.00798. The first-order valence-corrected chi connectivity index (χ1v) is 15.3. The van der Waals surface area contributed by atoms with E-state index in [4.69, 9.17) is 16.3 Å². The zero-order valence-electron chi connectivity index (χ0n) is 22.4. The topological polar surface area (TPSA) is 96.0 Å². The average Bonchev–Trinajstić information content (AvgIpc) is 2.90. The predicted molar refractivity (Wildman–Crippen MR) is 151 cm³/mol. The van der Waals surface area contributed by atoms with Crippen LogP contribution in [0.3, 0.4) is 0 Å². The molecule has 38 heavy (non-hydrogen) atoms.